The number of rotatable bonds is 41. The maximum atomic E-state index is 6.70. The molecule has 0 aromatic carbocycles. The molecule has 0 bridgehead atoms. The third-order valence-corrected chi connectivity index (χ3v) is 20.4. The summed E-state index contributed by atoms with van der Waals surface area (Å²) >= 11 is 0. The maximum Gasteiger partial charge on any atom is 0.145 e. The Kier molecular flexibility index (Phi) is 39.7. The monoisotopic (exact) mass is 786 g/mol. The largest absolute Gasteiger partial charge is 0.354 e. The molecule has 0 saturated carbocycles. The van der Waals surface area contributed by atoms with E-state index in [0.29, 0.717) is 0 Å². The van der Waals surface area contributed by atoms with E-state index in [4.69, 9.17) is 18.9 Å². The van der Waals surface area contributed by atoms with Gasteiger partial charge in [0, 0.05) is 37.9 Å². The summed E-state index contributed by atoms with van der Waals surface area (Å²) in [5, 5.41) is 0. The highest BCUT2D eigenvalue weighted by Crippen LogP contribution is 2.44. The van der Waals surface area contributed by atoms with E-state index in [1.807, 2.05) is 41.2 Å². The van der Waals surface area contributed by atoms with Crippen molar-refractivity contribution in [3.05, 3.63) is 0 Å². The van der Waals surface area contributed by atoms with Gasteiger partial charge in [0.25, 0.3) is 0 Å². The minimum Gasteiger partial charge on any atom is -0.354 e. The Morgan fingerprint density at radius 3 is 0.958 bits per heavy atom. The molecule has 0 rings (SSSR count). The Labute approximate surface area is 321 Å². The molecule has 0 aromatic heterocycles. The van der Waals surface area contributed by atoms with Crippen LogP contribution in [0.1, 0.15) is 183 Å². The molecule has 0 aromatic rings. The fraction of sp³-hybridized carbons (Fsp3) is 1.00. The topological polar surface area (TPSA) is 36.9 Å². The van der Waals surface area contributed by atoms with Crippen molar-refractivity contribution < 1.29 is 18.9 Å². The van der Waals surface area contributed by atoms with Gasteiger partial charge in [0.1, 0.15) is 10.8 Å². The Morgan fingerprint density at radius 1 is 0.375 bits per heavy atom. The second-order valence-corrected chi connectivity index (χ2v) is 24.5. The Hall–Kier alpha value is 1.67. The highest BCUT2D eigenvalue weighted by molar-refractivity contribution is 9.26. The molecule has 0 aliphatic heterocycles. The minimum atomic E-state index is -0.449. The smallest absolute Gasteiger partial charge is 0.145 e. The summed E-state index contributed by atoms with van der Waals surface area (Å²) in [5.41, 5.74) is -0.488. The van der Waals surface area contributed by atoms with Crippen LogP contribution in [-0.2, 0) is 18.9 Å². The zero-order valence-electron chi connectivity index (χ0n) is 32.9. The van der Waals surface area contributed by atoms with Crippen LogP contribution >= 0.6 is 41.2 Å². The third kappa shape index (κ3) is 30.2. The lowest BCUT2D eigenvalue weighted by Gasteiger charge is -2.35. The molecule has 10 heteroatoms. The molecule has 0 aliphatic carbocycles. The van der Waals surface area contributed by atoms with E-state index in [0.717, 1.165) is 65.0 Å². The van der Waals surface area contributed by atoms with Crippen molar-refractivity contribution >= 4 is 60.3 Å². The van der Waals surface area contributed by atoms with E-state index in [2.05, 4.69) is 41.5 Å². The van der Waals surface area contributed by atoms with Crippen molar-refractivity contribution in [1.82, 2.24) is 0 Å². The van der Waals surface area contributed by atoms with Crippen molar-refractivity contribution in [2.45, 2.75) is 206 Å². The highest BCUT2D eigenvalue weighted by atomic mass is 33.7. The Morgan fingerprint density at radius 2 is 0.667 bits per heavy atom. The van der Waals surface area contributed by atoms with Gasteiger partial charge >= 0.3 is 0 Å². The fourth-order valence-electron chi connectivity index (χ4n) is 5.90. The summed E-state index contributed by atoms with van der Waals surface area (Å²) in [6.07, 6.45) is 27.1. The van der Waals surface area contributed by atoms with Crippen molar-refractivity contribution in [2.24, 2.45) is 0 Å². The van der Waals surface area contributed by atoms with Crippen molar-refractivity contribution in [3.8, 4) is 0 Å². The van der Waals surface area contributed by atoms with Crippen LogP contribution in [0.5, 0.6) is 0 Å². The molecule has 0 heterocycles. The summed E-state index contributed by atoms with van der Waals surface area (Å²) in [4.78, 5) is 0. The second-order valence-electron chi connectivity index (χ2n) is 13.7. The van der Waals surface area contributed by atoms with E-state index in [1.165, 1.54) is 126 Å². The zero-order valence-corrected chi connectivity index (χ0v) is 39.0. The molecule has 290 valence electrons. The summed E-state index contributed by atoms with van der Waals surface area (Å²) in [5.74, 6) is 2.34. The first kappa shape index (κ1) is 49.7. The van der Waals surface area contributed by atoms with Gasteiger partial charge in [-0.2, -0.15) is 0 Å². The van der Waals surface area contributed by atoms with Gasteiger partial charge in [0.05, 0.1) is 19.0 Å². The average Bonchev–Trinajstić information content (AvgIpc) is 3.10. The highest BCUT2D eigenvalue weighted by Gasteiger charge is 2.32. The molecular formula is C38H82O4S4Si2. The molecule has 0 unspecified atom stereocenters. The fourth-order valence-corrected chi connectivity index (χ4v) is 16.5. The molecule has 0 N–H and O–H groups in total. The third-order valence-electron chi connectivity index (χ3n) is 8.97. The number of ether oxygens (including phenoxy) is 4. The molecule has 0 radical (unpaired) electrons. The summed E-state index contributed by atoms with van der Waals surface area (Å²) < 4.78 is 26.8. The van der Waals surface area contributed by atoms with E-state index in [9.17, 15) is 0 Å². The molecular weight excluding hydrogens is 705 g/mol. The van der Waals surface area contributed by atoms with Crippen LogP contribution in [0.25, 0.3) is 0 Å². The van der Waals surface area contributed by atoms with Crippen LogP contribution in [0, 0.1) is 0 Å². The lowest BCUT2D eigenvalue weighted by Crippen LogP contribution is -2.43. The lowest BCUT2D eigenvalue weighted by molar-refractivity contribution is -0.186. The van der Waals surface area contributed by atoms with E-state index < -0.39 is 19.0 Å². The first-order valence-electron chi connectivity index (χ1n) is 20.7. The van der Waals surface area contributed by atoms with Crippen molar-refractivity contribution in [3.63, 3.8) is 0 Å². The van der Waals surface area contributed by atoms with E-state index in [1.54, 1.807) is 0 Å². The van der Waals surface area contributed by atoms with E-state index >= 15 is 0 Å². The Balaban J connectivity index is 4.80. The second kappa shape index (κ2) is 38.4. The normalized spacial score (nSPS) is 12.9. The standard InChI is InChI=1S/C38H82O4S4Si2/c1-7-13-19-29-39-37(40-30-20-14-8-2,47-35-23-17-11-5)27-25-33-43-45-46-44-34-26-28-38(41-31-21-15-9-3,42-32-22-16-10-4)48-36-24-18-12-6/h7-36,47-48H2,1-6H3. The van der Waals surface area contributed by atoms with Gasteiger partial charge in [-0.25, -0.2) is 0 Å². The average molecular weight is 788 g/mol. The lowest BCUT2D eigenvalue weighted by atomic mass is 10.2. The van der Waals surface area contributed by atoms with Gasteiger partial charge < -0.3 is 18.9 Å². The van der Waals surface area contributed by atoms with Gasteiger partial charge in [-0.1, -0.05) is 165 Å². The van der Waals surface area contributed by atoms with Crippen LogP contribution in [0.2, 0.25) is 12.1 Å². The number of unbranched alkanes of at least 4 members (excludes halogenated alkanes) is 12. The first-order chi connectivity index (χ1) is 23.6. The predicted molar refractivity (Wildman–Crippen MR) is 232 cm³/mol. The Bertz CT molecular complexity index is 525. The number of hydrogen-bond acceptors (Lipinski definition) is 8. The molecule has 0 atom stereocenters. The summed E-state index contributed by atoms with van der Waals surface area (Å²) in [7, 11) is 7.07. The molecule has 0 fully saturated rings. The van der Waals surface area contributed by atoms with Crippen LogP contribution in [-0.4, -0.2) is 67.8 Å². The zero-order chi connectivity index (χ0) is 35.3. The number of hydrogen-bond donors (Lipinski definition) is 0. The SMILES string of the molecule is CCCCCOC(CCCSSSSCCCC(OCCCCC)(OCCCCC)[SiH2]CCCCC)(OCCCCC)[SiH2]CCCCC. The van der Waals surface area contributed by atoms with Gasteiger partial charge in [0.2, 0.25) is 0 Å². The quantitative estimate of drug-likeness (QED) is 0.0262. The van der Waals surface area contributed by atoms with Gasteiger partial charge in [-0.3, -0.25) is 0 Å². The summed E-state index contributed by atoms with van der Waals surface area (Å²) in [6, 6.07) is 2.69. The van der Waals surface area contributed by atoms with Crippen molar-refractivity contribution in [1.29, 1.82) is 0 Å². The van der Waals surface area contributed by atoms with Crippen LogP contribution < -0.4 is 0 Å². The molecule has 4 nitrogen and oxygen atoms in total. The molecule has 0 saturated heterocycles. The van der Waals surface area contributed by atoms with Crippen molar-refractivity contribution in [2.75, 3.05) is 37.9 Å². The molecule has 48 heavy (non-hydrogen) atoms. The van der Waals surface area contributed by atoms with Gasteiger partial charge in [-0.05, 0) is 71.0 Å². The van der Waals surface area contributed by atoms with Crippen LogP contribution in [0.15, 0.2) is 0 Å². The van der Waals surface area contributed by atoms with Gasteiger partial charge in [-0.15, -0.1) is 0 Å². The summed E-state index contributed by atoms with van der Waals surface area (Å²) in [6.45, 7) is 17.2. The van der Waals surface area contributed by atoms with Crippen LogP contribution in [0.3, 0.4) is 0 Å². The molecule has 0 spiro atoms. The molecule has 0 aliphatic rings. The first-order valence-corrected chi connectivity index (χ1v) is 29.3. The van der Waals surface area contributed by atoms with E-state index in [-0.39, 0.29) is 10.8 Å². The molecule has 0 amide bonds. The predicted octanol–water partition coefficient (Wildman–Crippen LogP) is 12.9. The minimum absolute atomic E-state index is 0.244. The van der Waals surface area contributed by atoms with Crippen LogP contribution in [0.4, 0.5) is 0 Å². The van der Waals surface area contributed by atoms with Gasteiger partial charge in [0.15, 0.2) is 0 Å². The maximum absolute atomic E-state index is 6.70.